The number of aliphatic hydroxyl groups is 1. The molecule has 0 bridgehead atoms. The van der Waals surface area contributed by atoms with E-state index in [1.807, 2.05) is 0 Å². The molecule has 5 atom stereocenters. The first kappa shape index (κ1) is 94.4. The van der Waals surface area contributed by atoms with E-state index in [0.29, 0.717) is 13.0 Å². The van der Waals surface area contributed by atoms with E-state index < -0.39 is 12.0 Å². The van der Waals surface area contributed by atoms with Gasteiger partial charge in [0.1, 0.15) is 6.61 Å². The molecule has 0 fully saturated rings. The summed E-state index contributed by atoms with van der Waals surface area (Å²) in [5.74, 6) is 2.89. The first-order valence-electron chi connectivity index (χ1n) is 44.4. The van der Waals surface area contributed by atoms with Gasteiger partial charge in [0.25, 0.3) is 0 Å². The molecular formula is C93H178O3. The normalized spacial score (nSPS) is 14.2. The Morgan fingerprint density at radius 2 is 0.562 bits per heavy atom. The number of hydrogen-bond acceptors (Lipinski definition) is 3. The quantitative estimate of drug-likeness (QED) is 0.0375. The number of rotatable bonds is 78. The minimum absolute atomic E-state index is 0.185. The topological polar surface area (TPSA) is 46.5 Å². The Morgan fingerprint density at radius 1 is 0.292 bits per heavy atom. The van der Waals surface area contributed by atoms with E-state index in [2.05, 4.69) is 99.6 Å². The molecule has 5 unspecified atom stereocenters. The number of aliphatic hydroxyl groups excluding tert-OH is 1. The molecule has 0 aliphatic rings. The zero-order valence-electron chi connectivity index (χ0n) is 67.7. The van der Waals surface area contributed by atoms with Crippen molar-refractivity contribution in [3.05, 3.63) is 47.1 Å². The van der Waals surface area contributed by atoms with E-state index in [-0.39, 0.29) is 5.97 Å². The molecule has 0 heterocycles. The highest BCUT2D eigenvalue weighted by Gasteiger charge is 2.27. The summed E-state index contributed by atoms with van der Waals surface area (Å²) in [5.41, 5.74) is 4.32. The Hall–Kier alpha value is -1.61. The molecule has 0 aromatic rings. The van der Waals surface area contributed by atoms with Crippen LogP contribution in [0.1, 0.15) is 499 Å². The second-order valence-corrected chi connectivity index (χ2v) is 33.0. The van der Waals surface area contributed by atoms with Gasteiger partial charge in [-0.2, -0.15) is 0 Å². The van der Waals surface area contributed by atoms with E-state index in [1.54, 1.807) is 5.57 Å². The van der Waals surface area contributed by atoms with Crippen molar-refractivity contribution in [1.29, 1.82) is 0 Å². The summed E-state index contributed by atoms with van der Waals surface area (Å²) in [6.45, 7) is 23.9. The summed E-state index contributed by atoms with van der Waals surface area (Å²) in [6, 6.07) is 0. The number of ether oxygens (including phenoxy) is 1. The lowest BCUT2D eigenvalue weighted by Gasteiger charge is -2.21. The van der Waals surface area contributed by atoms with Crippen LogP contribution in [0.25, 0.3) is 0 Å². The fourth-order valence-corrected chi connectivity index (χ4v) is 15.0. The minimum Gasteiger partial charge on any atom is -0.461 e. The highest BCUT2D eigenvalue weighted by Crippen LogP contribution is 2.27. The summed E-state index contributed by atoms with van der Waals surface area (Å²) in [7, 11) is 0. The summed E-state index contributed by atoms with van der Waals surface area (Å²) >= 11 is 0. The Balaban J connectivity index is 4.46. The molecule has 0 radical (unpaired) electrons. The van der Waals surface area contributed by atoms with Crippen LogP contribution < -0.4 is 0 Å². The lowest BCUT2D eigenvalue weighted by molar-refractivity contribution is -0.152. The molecule has 0 saturated heterocycles. The van der Waals surface area contributed by atoms with Gasteiger partial charge in [0.15, 0.2) is 0 Å². The summed E-state index contributed by atoms with van der Waals surface area (Å²) in [4.78, 5) is 13.7. The van der Waals surface area contributed by atoms with Crippen LogP contribution >= 0.6 is 0 Å². The molecular weight excluding hydrogens is 1170 g/mol. The average Bonchev–Trinajstić information content (AvgIpc) is 1.75. The van der Waals surface area contributed by atoms with Crippen LogP contribution in [0.2, 0.25) is 0 Å². The van der Waals surface area contributed by atoms with Gasteiger partial charge < -0.3 is 9.84 Å². The molecule has 568 valence electrons. The number of carbonyl (C=O) groups excluding carboxylic acids is 1. The van der Waals surface area contributed by atoms with Gasteiger partial charge in [0, 0.05) is 0 Å². The van der Waals surface area contributed by atoms with E-state index in [9.17, 15) is 9.90 Å². The highest BCUT2D eigenvalue weighted by molar-refractivity contribution is 5.73. The van der Waals surface area contributed by atoms with Crippen LogP contribution in [0.4, 0.5) is 0 Å². The molecule has 0 rings (SSSR count). The fourth-order valence-electron chi connectivity index (χ4n) is 15.0. The first-order valence-corrected chi connectivity index (χ1v) is 44.4. The van der Waals surface area contributed by atoms with Crippen LogP contribution in [-0.2, 0) is 9.53 Å². The molecule has 0 aliphatic heterocycles. The predicted molar refractivity (Wildman–Crippen MR) is 434 cm³/mol. The maximum Gasteiger partial charge on any atom is 0.311 e. The van der Waals surface area contributed by atoms with Gasteiger partial charge >= 0.3 is 5.97 Å². The van der Waals surface area contributed by atoms with Gasteiger partial charge in [-0.3, -0.25) is 4.79 Å². The zero-order chi connectivity index (χ0) is 70.1. The maximum absolute atomic E-state index is 13.7. The van der Waals surface area contributed by atoms with Crippen molar-refractivity contribution in [2.75, 3.05) is 6.61 Å². The maximum atomic E-state index is 13.7. The van der Waals surface area contributed by atoms with Crippen molar-refractivity contribution in [2.24, 2.45) is 29.6 Å². The van der Waals surface area contributed by atoms with Crippen molar-refractivity contribution < 1.29 is 14.6 Å². The number of unbranched alkanes of at least 4 members (excludes halogenated alkanes) is 46. The summed E-state index contributed by atoms with van der Waals surface area (Å²) < 4.78 is 5.95. The van der Waals surface area contributed by atoms with E-state index >= 15 is 0 Å². The lowest BCUT2D eigenvalue weighted by atomic mass is 9.90. The van der Waals surface area contributed by atoms with Crippen LogP contribution in [-0.4, -0.2) is 23.8 Å². The highest BCUT2D eigenvalue weighted by atomic mass is 16.5. The van der Waals surface area contributed by atoms with Crippen molar-refractivity contribution in [3.8, 4) is 0 Å². The molecule has 0 spiro atoms. The van der Waals surface area contributed by atoms with E-state index in [1.165, 1.54) is 377 Å². The second kappa shape index (κ2) is 76.0. The summed E-state index contributed by atoms with van der Waals surface area (Å²) in [6.07, 6.45) is 101. The Bertz CT molecular complexity index is 1680. The largest absolute Gasteiger partial charge is 0.461 e. The van der Waals surface area contributed by atoms with Crippen molar-refractivity contribution >= 4 is 5.97 Å². The van der Waals surface area contributed by atoms with Crippen molar-refractivity contribution in [1.82, 2.24) is 0 Å². The van der Waals surface area contributed by atoms with Crippen molar-refractivity contribution in [3.63, 3.8) is 0 Å². The standard InChI is InChI=1S/C93H178O3/c1-11-13-15-17-19-21-23-25-27-29-30-31-32-33-34-35-36-37-38-39-40-41-42-43-44-45-47-49-51-53-55-57-59-61-81-92(94)91(80-60-58-56-54-52-50-48-46-28-26-24-22-20-18-16-14-12-2)93(95)96-83-82-90(10)79-67-78-89(9)77-66-76-88(8)75-65-74-87(7)73-64-72-86(6)71-63-70-85(5)69-62-68-84(3)4/h33-34,76,78,82,84-87,91-92,94H,11-32,35-75,77,79-81,83H2,1-10H3. The first-order chi connectivity index (χ1) is 46.9. The number of carbonyl (C=O) groups is 1. The Labute approximate surface area is 606 Å². The molecule has 0 saturated carbocycles. The van der Waals surface area contributed by atoms with E-state index in [4.69, 9.17) is 4.74 Å². The van der Waals surface area contributed by atoms with Gasteiger partial charge in [-0.05, 0) is 128 Å². The third-order valence-corrected chi connectivity index (χ3v) is 22.2. The fraction of sp³-hybridized carbons (Fsp3) is 0.903. The van der Waals surface area contributed by atoms with Gasteiger partial charge in [-0.15, -0.1) is 0 Å². The van der Waals surface area contributed by atoms with Gasteiger partial charge in [0.2, 0.25) is 0 Å². The SMILES string of the molecule is CCCCCCCCCCCCCCC=CCCCCCCCCCCCCCCCCCCCCC(O)C(CCCCCCCCCCCCCCCCCCC)C(=O)OCC=C(C)CCC=C(C)CCC=C(C)CCCC(C)CCCC(C)CCCC(C)CCCC(C)C. The second-order valence-electron chi connectivity index (χ2n) is 33.0. The number of hydrogen-bond donors (Lipinski definition) is 1. The number of esters is 1. The van der Waals surface area contributed by atoms with Crippen LogP contribution in [0, 0.1) is 29.6 Å². The third kappa shape index (κ3) is 72.2. The van der Waals surface area contributed by atoms with E-state index in [0.717, 1.165) is 81.5 Å². The smallest absolute Gasteiger partial charge is 0.311 e. The monoisotopic (exact) mass is 1340 g/mol. The van der Waals surface area contributed by atoms with Crippen LogP contribution in [0.3, 0.4) is 0 Å². The molecule has 0 aromatic heterocycles. The molecule has 0 amide bonds. The van der Waals surface area contributed by atoms with Gasteiger partial charge in [-0.1, -0.05) is 443 Å². The van der Waals surface area contributed by atoms with Crippen molar-refractivity contribution in [2.45, 2.75) is 506 Å². The Morgan fingerprint density at radius 3 is 0.896 bits per heavy atom. The zero-order valence-corrected chi connectivity index (χ0v) is 67.7. The predicted octanol–water partition coefficient (Wildman–Crippen LogP) is 32.6. The molecule has 0 aliphatic carbocycles. The van der Waals surface area contributed by atoms with Gasteiger partial charge in [-0.25, -0.2) is 0 Å². The third-order valence-electron chi connectivity index (χ3n) is 22.2. The van der Waals surface area contributed by atoms with Crippen LogP contribution in [0.5, 0.6) is 0 Å². The molecule has 3 nitrogen and oxygen atoms in total. The lowest BCUT2D eigenvalue weighted by Crippen LogP contribution is -2.30. The molecule has 3 heteroatoms. The summed E-state index contributed by atoms with van der Waals surface area (Å²) in [5, 5.41) is 11.5. The molecule has 96 heavy (non-hydrogen) atoms. The molecule has 0 aromatic carbocycles. The minimum atomic E-state index is -0.605. The average molecular weight is 1340 g/mol. The Kier molecular flexibility index (Phi) is 74.8. The molecule has 1 N–H and O–H groups in total. The number of allylic oxidation sites excluding steroid dienone is 7. The van der Waals surface area contributed by atoms with Crippen LogP contribution in [0.15, 0.2) is 47.1 Å². The van der Waals surface area contributed by atoms with Gasteiger partial charge in [0.05, 0.1) is 12.0 Å².